The van der Waals surface area contributed by atoms with E-state index in [0.717, 1.165) is 23.0 Å². The normalized spacial score (nSPS) is 12.8. The lowest BCUT2D eigenvalue weighted by atomic mass is 10.1. The van der Waals surface area contributed by atoms with E-state index in [-0.39, 0.29) is 24.2 Å². The Kier molecular flexibility index (Phi) is 5.37. The maximum Gasteiger partial charge on any atom is 0.421 e. The number of fused-ring (bicyclic) bond motifs is 1. The number of anilines is 5. The lowest BCUT2D eigenvalue weighted by Crippen LogP contribution is -2.14. The SMILES string of the molecule is CNc1ccccc1CNc1nc(Nc2ccc3c(c2)NC(=O)C3)ncc1C(F)(F)F. The third-order valence-corrected chi connectivity index (χ3v) is 4.82. The van der Waals surface area contributed by atoms with Crippen molar-refractivity contribution < 1.29 is 18.0 Å². The lowest BCUT2D eigenvalue weighted by Gasteiger charge is -2.16. The van der Waals surface area contributed by atoms with Crippen molar-refractivity contribution in [2.24, 2.45) is 0 Å². The standard InChI is InChI=1S/C21H19F3N6O/c1-25-16-5-3-2-4-13(16)10-26-19-15(21(22,23)24)11-27-20(30-19)28-14-7-6-12-8-18(31)29-17(12)9-14/h2-7,9,11,25H,8,10H2,1H3,(H,29,31)(H2,26,27,28,30). The zero-order valence-electron chi connectivity index (χ0n) is 16.5. The van der Waals surface area contributed by atoms with Crippen LogP contribution >= 0.6 is 0 Å². The molecule has 2 heterocycles. The minimum absolute atomic E-state index is 0.00155. The number of halogens is 3. The first-order valence-corrected chi connectivity index (χ1v) is 9.47. The van der Waals surface area contributed by atoms with E-state index in [4.69, 9.17) is 0 Å². The number of aromatic nitrogens is 2. The van der Waals surface area contributed by atoms with Gasteiger partial charge in [0.05, 0.1) is 6.42 Å². The average molecular weight is 428 g/mol. The van der Waals surface area contributed by atoms with Crippen molar-refractivity contribution >= 4 is 34.7 Å². The van der Waals surface area contributed by atoms with Crippen molar-refractivity contribution in [1.82, 2.24) is 9.97 Å². The number of hydrogen-bond acceptors (Lipinski definition) is 6. The summed E-state index contributed by atoms with van der Waals surface area (Å²) in [6, 6.07) is 12.5. The Labute approximate surface area is 176 Å². The van der Waals surface area contributed by atoms with Crippen molar-refractivity contribution in [3.8, 4) is 0 Å². The highest BCUT2D eigenvalue weighted by Crippen LogP contribution is 2.35. The molecule has 160 valence electrons. The lowest BCUT2D eigenvalue weighted by molar-refractivity contribution is -0.137. The molecule has 0 atom stereocenters. The number of carbonyl (C=O) groups is 1. The Morgan fingerprint density at radius 3 is 2.74 bits per heavy atom. The minimum Gasteiger partial charge on any atom is -0.388 e. The van der Waals surface area contributed by atoms with Gasteiger partial charge in [0, 0.05) is 36.9 Å². The van der Waals surface area contributed by atoms with Gasteiger partial charge in [-0.05, 0) is 29.3 Å². The van der Waals surface area contributed by atoms with Gasteiger partial charge in [-0.1, -0.05) is 24.3 Å². The molecule has 0 spiro atoms. The Morgan fingerprint density at radius 1 is 1.16 bits per heavy atom. The molecule has 4 N–H and O–H groups in total. The third kappa shape index (κ3) is 4.52. The van der Waals surface area contributed by atoms with E-state index in [1.807, 2.05) is 24.3 Å². The second kappa shape index (κ2) is 8.13. The fourth-order valence-corrected chi connectivity index (χ4v) is 3.30. The summed E-state index contributed by atoms with van der Waals surface area (Å²) in [5.41, 5.74) is 2.70. The van der Waals surface area contributed by atoms with Crippen LogP contribution in [0.5, 0.6) is 0 Å². The van der Waals surface area contributed by atoms with Crippen LogP contribution in [0.3, 0.4) is 0 Å². The molecular formula is C21H19F3N6O. The summed E-state index contributed by atoms with van der Waals surface area (Å²) in [5, 5.41) is 11.4. The molecule has 2 aromatic carbocycles. The highest BCUT2D eigenvalue weighted by Gasteiger charge is 2.35. The summed E-state index contributed by atoms with van der Waals surface area (Å²) < 4.78 is 40.4. The smallest absolute Gasteiger partial charge is 0.388 e. The van der Waals surface area contributed by atoms with Gasteiger partial charge < -0.3 is 21.3 Å². The Balaban J connectivity index is 1.59. The number of carbonyl (C=O) groups excluding carboxylic acids is 1. The molecule has 31 heavy (non-hydrogen) atoms. The molecule has 0 unspecified atom stereocenters. The van der Waals surface area contributed by atoms with Gasteiger partial charge in [0.2, 0.25) is 11.9 Å². The van der Waals surface area contributed by atoms with Crippen LogP contribution in [0.15, 0.2) is 48.7 Å². The van der Waals surface area contributed by atoms with E-state index in [0.29, 0.717) is 17.8 Å². The predicted octanol–water partition coefficient (Wildman–Crippen LogP) is 4.39. The first-order valence-electron chi connectivity index (χ1n) is 9.47. The molecule has 1 amide bonds. The molecule has 0 aliphatic carbocycles. The van der Waals surface area contributed by atoms with Crippen molar-refractivity contribution in [3.05, 3.63) is 65.4 Å². The molecule has 0 fully saturated rings. The van der Waals surface area contributed by atoms with Crippen molar-refractivity contribution in [3.63, 3.8) is 0 Å². The quantitative estimate of drug-likeness (QED) is 0.466. The second-order valence-corrected chi connectivity index (χ2v) is 6.94. The number of nitrogens with one attached hydrogen (secondary N) is 4. The van der Waals surface area contributed by atoms with Gasteiger partial charge in [-0.3, -0.25) is 4.79 Å². The summed E-state index contributed by atoms with van der Waals surface area (Å²) >= 11 is 0. The highest BCUT2D eigenvalue weighted by atomic mass is 19.4. The summed E-state index contributed by atoms with van der Waals surface area (Å²) in [4.78, 5) is 19.4. The van der Waals surface area contributed by atoms with Gasteiger partial charge in [0.15, 0.2) is 0 Å². The van der Waals surface area contributed by atoms with Crippen molar-refractivity contribution in [1.29, 1.82) is 0 Å². The molecule has 3 aromatic rings. The monoisotopic (exact) mass is 428 g/mol. The van der Waals surface area contributed by atoms with Crippen LogP contribution in [0, 0.1) is 0 Å². The van der Waals surface area contributed by atoms with E-state index in [1.165, 1.54) is 0 Å². The maximum atomic E-state index is 13.5. The number of rotatable bonds is 6. The molecule has 0 saturated carbocycles. The number of alkyl halides is 3. The van der Waals surface area contributed by atoms with E-state index >= 15 is 0 Å². The molecule has 0 saturated heterocycles. The number of nitrogens with zero attached hydrogens (tertiary/aromatic N) is 2. The summed E-state index contributed by atoms with van der Waals surface area (Å²) in [5.74, 6) is -0.432. The first-order chi connectivity index (χ1) is 14.8. The molecule has 7 nitrogen and oxygen atoms in total. The molecule has 1 aliphatic heterocycles. The second-order valence-electron chi connectivity index (χ2n) is 6.94. The van der Waals surface area contributed by atoms with E-state index in [2.05, 4.69) is 31.2 Å². The average Bonchev–Trinajstić information content (AvgIpc) is 3.11. The summed E-state index contributed by atoms with van der Waals surface area (Å²) in [6.07, 6.45) is -3.56. The fourth-order valence-electron chi connectivity index (χ4n) is 3.30. The molecule has 10 heteroatoms. The molecular weight excluding hydrogens is 409 g/mol. The largest absolute Gasteiger partial charge is 0.421 e. The predicted molar refractivity (Wildman–Crippen MR) is 112 cm³/mol. The van der Waals surface area contributed by atoms with Gasteiger partial charge >= 0.3 is 6.18 Å². The van der Waals surface area contributed by atoms with Crippen LogP contribution in [-0.2, 0) is 23.9 Å². The Bertz CT molecular complexity index is 1130. The molecule has 4 rings (SSSR count). The topological polar surface area (TPSA) is 91.0 Å². The van der Waals surface area contributed by atoms with E-state index in [1.54, 1.807) is 25.2 Å². The van der Waals surface area contributed by atoms with Gasteiger partial charge in [0.1, 0.15) is 11.4 Å². The number of benzene rings is 2. The van der Waals surface area contributed by atoms with Gasteiger partial charge in [-0.25, -0.2) is 4.98 Å². The summed E-state index contributed by atoms with van der Waals surface area (Å²) in [7, 11) is 1.74. The highest BCUT2D eigenvalue weighted by molar-refractivity contribution is 5.99. The zero-order chi connectivity index (χ0) is 22.0. The molecule has 0 radical (unpaired) electrons. The molecule has 1 aromatic heterocycles. The van der Waals surface area contributed by atoms with Gasteiger partial charge in [0.25, 0.3) is 0 Å². The first kappa shape index (κ1) is 20.5. The number of para-hydroxylation sites is 1. The van der Waals surface area contributed by atoms with Crippen LogP contribution in [0.2, 0.25) is 0 Å². The van der Waals surface area contributed by atoms with Crippen LogP contribution in [-0.4, -0.2) is 22.9 Å². The van der Waals surface area contributed by atoms with Crippen LogP contribution < -0.4 is 21.3 Å². The molecule has 1 aliphatic rings. The maximum absolute atomic E-state index is 13.5. The number of hydrogen-bond donors (Lipinski definition) is 4. The Hall–Kier alpha value is -3.82. The van der Waals surface area contributed by atoms with Crippen LogP contribution in [0.25, 0.3) is 0 Å². The molecule has 0 bridgehead atoms. The zero-order valence-corrected chi connectivity index (χ0v) is 16.5. The van der Waals surface area contributed by atoms with E-state index < -0.39 is 11.7 Å². The van der Waals surface area contributed by atoms with Crippen LogP contribution in [0.4, 0.5) is 42.0 Å². The van der Waals surface area contributed by atoms with Gasteiger partial charge in [-0.2, -0.15) is 18.2 Å². The third-order valence-electron chi connectivity index (χ3n) is 4.82. The van der Waals surface area contributed by atoms with Crippen molar-refractivity contribution in [2.75, 3.05) is 28.3 Å². The van der Waals surface area contributed by atoms with E-state index in [9.17, 15) is 18.0 Å². The van der Waals surface area contributed by atoms with Crippen molar-refractivity contribution in [2.45, 2.75) is 19.1 Å². The Morgan fingerprint density at radius 2 is 1.97 bits per heavy atom. The fraction of sp³-hybridized carbons (Fsp3) is 0.190. The number of amides is 1. The minimum atomic E-state index is -4.61. The van der Waals surface area contributed by atoms with Gasteiger partial charge in [-0.15, -0.1) is 0 Å². The van der Waals surface area contributed by atoms with Crippen LogP contribution in [0.1, 0.15) is 16.7 Å². The summed E-state index contributed by atoms with van der Waals surface area (Å²) in [6.45, 7) is 0.140.